The molecular weight excluding hydrogens is 310 g/mol. The first-order chi connectivity index (χ1) is 10.7. The summed E-state index contributed by atoms with van der Waals surface area (Å²) in [7, 11) is 0. The summed E-state index contributed by atoms with van der Waals surface area (Å²) in [5.74, 6) is 1.78. The van der Waals surface area contributed by atoms with E-state index in [0.717, 1.165) is 51.6 Å². The molecule has 0 aromatic carbocycles. The number of amides is 1. The maximum Gasteiger partial charge on any atom is 0.222 e. The standard InChI is InChI=1S/C18H33N3O.ClH/c1-15(16-5-3-2-4-6-16)13-18(22)21-10-7-17(14-21)20-11-8-19-9-12-20;/h15-17,19H,2-14H2,1H3;1H. The Kier molecular flexibility index (Phi) is 7.64. The summed E-state index contributed by atoms with van der Waals surface area (Å²) < 4.78 is 0. The van der Waals surface area contributed by atoms with Crippen molar-refractivity contribution in [3.05, 3.63) is 0 Å². The smallest absolute Gasteiger partial charge is 0.222 e. The Labute approximate surface area is 147 Å². The number of likely N-dealkylation sites (tertiary alicyclic amines) is 1. The molecule has 1 N–H and O–H groups in total. The second kappa shape index (κ2) is 9.24. The number of piperazine rings is 1. The van der Waals surface area contributed by atoms with E-state index in [1.807, 2.05) is 0 Å². The molecule has 1 amide bonds. The number of halogens is 1. The number of hydrogen-bond donors (Lipinski definition) is 1. The molecule has 1 saturated carbocycles. The normalized spacial score (nSPS) is 28.4. The number of carbonyl (C=O) groups excluding carboxylic acids is 1. The molecule has 2 unspecified atom stereocenters. The van der Waals surface area contributed by atoms with E-state index in [1.165, 1.54) is 38.5 Å². The number of nitrogens with one attached hydrogen (secondary N) is 1. The molecule has 2 heterocycles. The van der Waals surface area contributed by atoms with Crippen LogP contribution >= 0.6 is 12.4 Å². The van der Waals surface area contributed by atoms with E-state index in [0.29, 0.717) is 17.9 Å². The van der Waals surface area contributed by atoms with Gasteiger partial charge in [0, 0.05) is 51.7 Å². The highest BCUT2D eigenvalue weighted by Crippen LogP contribution is 2.32. The minimum Gasteiger partial charge on any atom is -0.341 e. The summed E-state index contributed by atoms with van der Waals surface area (Å²) in [6.45, 7) is 8.74. The van der Waals surface area contributed by atoms with E-state index in [-0.39, 0.29) is 12.4 Å². The van der Waals surface area contributed by atoms with Crippen LogP contribution in [0.25, 0.3) is 0 Å². The van der Waals surface area contributed by atoms with E-state index in [1.54, 1.807) is 0 Å². The third-order valence-corrected chi connectivity index (χ3v) is 6.14. The molecule has 2 saturated heterocycles. The summed E-state index contributed by atoms with van der Waals surface area (Å²) in [5, 5.41) is 3.41. The Morgan fingerprint density at radius 2 is 1.78 bits per heavy atom. The molecule has 23 heavy (non-hydrogen) atoms. The molecule has 3 aliphatic rings. The van der Waals surface area contributed by atoms with Crippen molar-refractivity contribution in [3.63, 3.8) is 0 Å². The summed E-state index contributed by atoms with van der Waals surface area (Å²) in [6.07, 6.45) is 8.78. The highest BCUT2D eigenvalue weighted by Gasteiger charge is 2.32. The molecular formula is C18H34ClN3O. The lowest BCUT2D eigenvalue weighted by molar-refractivity contribution is -0.131. The van der Waals surface area contributed by atoms with E-state index in [4.69, 9.17) is 0 Å². The zero-order valence-corrected chi connectivity index (χ0v) is 15.5. The highest BCUT2D eigenvalue weighted by atomic mass is 35.5. The number of rotatable bonds is 4. The SMILES string of the molecule is CC(CC(=O)N1CCC(N2CCNCC2)C1)C1CCCCC1.Cl. The molecule has 3 rings (SSSR count). The van der Waals surface area contributed by atoms with Gasteiger partial charge in [0.2, 0.25) is 5.91 Å². The number of nitrogens with zero attached hydrogens (tertiary/aromatic N) is 2. The van der Waals surface area contributed by atoms with Crippen LogP contribution in [0.3, 0.4) is 0 Å². The third-order valence-electron chi connectivity index (χ3n) is 6.14. The minimum atomic E-state index is 0. The predicted molar refractivity (Wildman–Crippen MR) is 97.0 cm³/mol. The topological polar surface area (TPSA) is 35.6 Å². The van der Waals surface area contributed by atoms with Gasteiger partial charge in [-0.2, -0.15) is 0 Å². The zero-order valence-electron chi connectivity index (χ0n) is 14.6. The Hall–Kier alpha value is -0.320. The van der Waals surface area contributed by atoms with Crippen molar-refractivity contribution in [3.8, 4) is 0 Å². The molecule has 0 bridgehead atoms. The first-order valence-electron chi connectivity index (χ1n) is 9.46. The predicted octanol–water partition coefficient (Wildman–Crippen LogP) is 2.52. The van der Waals surface area contributed by atoms with Crippen LogP contribution < -0.4 is 5.32 Å². The van der Waals surface area contributed by atoms with Crippen molar-refractivity contribution in [1.29, 1.82) is 0 Å². The van der Waals surface area contributed by atoms with Crippen LogP contribution in [0.15, 0.2) is 0 Å². The summed E-state index contributed by atoms with van der Waals surface area (Å²) in [4.78, 5) is 17.3. The van der Waals surface area contributed by atoms with Crippen molar-refractivity contribution >= 4 is 18.3 Å². The van der Waals surface area contributed by atoms with Crippen molar-refractivity contribution in [2.75, 3.05) is 39.3 Å². The van der Waals surface area contributed by atoms with Gasteiger partial charge < -0.3 is 10.2 Å². The molecule has 5 heteroatoms. The molecule has 0 aromatic rings. The Morgan fingerprint density at radius 1 is 1.09 bits per heavy atom. The molecule has 1 aliphatic carbocycles. The molecule has 0 radical (unpaired) electrons. The largest absolute Gasteiger partial charge is 0.341 e. The van der Waals surface area contributed by atoms with Gasteiger partial charge in [-0.25, -0.2) is 0 Å². The molecule has 134 valence electrons. The van der Waals surface area contributed by atoms with Crippen LogP contribution in [0.5, 0.6) is 0 Å². The van der Waals surface area contributed by atoms with Crippen molar-refractivity contribution in [1.82, 2.24) is 15.1 Å². The molecule has 0 aromatic heterocycles. The average molecular weight is 344 g/mol. The van der Waals surface area contributed by atoms with E-state index < -0.39 is 0 Å². The maximum atomic E-state index is 12.6. The quantitative estimate of drug-likeness (QED) is 0.852. The highest BCUT2D eigenvalue weighted by molar-refractivity contribution is 5.85. The lowest BCUT2D eigenvalue weighted by atomic mass is 9.79. The number of carbonyl (C=O) groups is 1. The Balaban J connectivity index is 0.00000192. The van der Waals surface area contributed by atoms with E-state index >= 15 is 0 Å². The van der Waals surface area contributed by atoms with Gasteiger partial charge in [-0.3, -0.25) is 9.69 Å². The van der Waals surface area contributed by atoms with Crippen LogP contribution in [-0.2, 0) is 4.79 Å². The van der Waals surface area contributed by atoms with Crippen molar-refractivity contribution in [2.24, 2.45) is 11.8 Å². The molecule has 2 atom stereocenters. The first-order valence-corrected chi connectivity index (χ1v) is 9.46. The van der Waals surface area contributed by atoms with Gasteiger partial charge in [0.25, 0.3) is 0 Å². The van der Waals surface area contributed by atoms with Crippen LogP contribution in [-0.4, -0.2) is 61.0 Å². The third kappa shape index (κ3) is 5.07. The van der Waals surface area contributed by atoms with Gasteiger partial charge in [0.05, 0.1) is 0 Å². The van der Waals surface area contributed by atoms with Gasteiger partial charge in [-0.05, 0) is 18.3 Å². The summed E-state index contributed by atoms with van der Waals surface area (Å²) >= 11 is 0. The second-order valence-corrected chi connectivity index (χ2v) is 7.65. The van der Waals surface area contributed by atoms with E-state index in [2.05, 4.69) is 22.0 Å². The molecule has 0 spiro atoms. The fraction of sp³-hybridized carbons (Fsp3) is 0.944. The fourth-order valence-corrected chi connectivity index (χ4v) is 4.59. The van der Waals surface area contributed by atoms with Gasteiger partial charge in [0.15, 0.2) is 0 Å². The molecule has 4 nitrogen and oxygen atoms in total. The summed E-state index contributed by atoms with van der Waals surface area (Å²) in [5.41, 5.74) is 0. The average Bonchev–Trinajstić information content (AvgIpc) is 3.06. The zero-order chi connectivity index (χ0) is 15.4. The van der Waals surface area contributed by atoms with Crippen molar-refractivity contribution < 1.29 is 4.79 Å². The lowest BCUT2D eigenvalue weighted by Crippen LogP contribution is -2.49. The lowest BCUT2D eigenvalue weighted by Gasteiger charge is -2.33. The van der Waals surface area contributed by atoms with Crippen LogP contribution in [0.1, 0.15) is 51.9 Å². The van der Waals surface area contributed by atoms with Gasteiger partial charge in [-0.1, -0.05) is 39.0 Å². The monoisotopic (exact) mass is 343 g/mol. The number of hydrogen-bond acceptors (Lipinski definition) is 3. The van der Waals surface area contributed by atoms with E-state index in [9.17, 15) is 4.79 Å². The van der Waals surface area contributed by atoms with Gasteiger partial charge >= 0.3 is 0 Å². The molecule has 2 aliphatic heterocycles. The van der Waals surface area contributed by atoms with Crippen LogP contribution in [0, 0.1) is 11.8 Å². The van der Waals surface area contributed by atoms with Gasteiger partial charge in [0.1, 0.15) is 0 Å². The maximum absolute atomic E-state index is 12.6. The van der Waals surface area contributed by atoms with Crippen molar-refractivity contribution in [2.45, 2.75) is 57.9 Å². The first kappa shape index (κ1) is 19.0. The molecule has 3 fully saturated rings. The van der Waals surface area contributed by atoms with Crippen LogP contribution in [0.4, 0.5) is 0 Å². The van der Waals surface area contributed by atoms with Crippen LogP contribution in [0.2, 0.25) is 0 Å². The summed E-state index contributed by atoms with van der Waals surface area (Å²) in [6, 6.07) is 0.607. The fourth-order valence-electron chi connectivity index (χ4n) is 4.59. The second-order valence-electron chi connectivity index (χ2n) is 7.65. The Bertz CT molecular complexity index is 367. The van der Waals surface area contributed by atoms with Gasteiger partial charge in [-0.15, -0.1) is 12.4 Å². The Morgan fingerprint density at radius 3 is 2.48 bits per heavy atom. The minimum absolute atomic E-state index is 0.